The molecule has 0 amide bonds. The van der Waals surface area contributed by atoms with Gasteiger partial charge in [0.25, 0.3) is 0 Å². The fraction of sp³-hybridized carbons (Fsp3) is 0.286. The summed E-state index contributed by atoms with van der Waals surface area (Å²) in [4.78, 5) is 0. The van der Waals surface area contributed by atoms with Crippen molar-refractivity contribution in [2.45, 2.75) is 26.2 Å². The summed E-state index contributed by atoms with van der Waals surface area (Å²) in [5.74, 6) is 0.659. The van der Waals surface area contributed by atoms with E-state index in [0.717, 1.165) is 6.42 Å². The van der Waals surface area contributed by atoms with Crippen LogP contribution in [0.25, 0.3) is 0 Å². The summed E-state index contributed by atoms with van der Waals surface area (Å²) >= 11 is 0. The predicted octanol–water partition coefficient (Wildman–Crippen LogP) is 7.81. The molecule has 21 heavy (non-hydrogen) atoms. The molecule has 1 aromatic carbocycles. The summed E-state index contributed by atoms with van der Waals surface area (Å²) in [7, 11) is -10.7. The minimum Gasteiger partial charge on any atom is 1.00 e. The molecule has 7 heteroatoms. The Hall–Kier alpha value is -1.29. The molecule has 0 heterocycles. The first-order chi connectivity index (χ1) is 9.25. The molecule has 0 radical (unpaired) electrons. The maximum atomic E-state index is 9.87. The standard InChI is InChI=1S/C9H12.C5H6.F6P/c1-8(2)9-6-4-3-5-7-9;1-2-4-5-3-1;1-7(2,3,4,5)6/h3-8H,1-2H3;1-4H,5H2;/q;;-1/p+1. The van der Waals surface area contributed by atoms with Crippen LogP contribution in [0.5, 0.6) is 0 Å². The second-order valence-electron chi connectivity index (χ2n) is 4.62. The van der Waals surface area contributed by atoms with Crippen molar-refractivity contribution in [3.05, 3.63) is 60.2 Å². The average molecular weight is 332 g/mol. The molecule has 0 fully saturated rings. The molecule has 122 valence electrons. The van der Waals surface area contributed by atoms with Gasteiger partial charge in [0.2, 0.25) is 0 Å². The van der Waals surface area contributed by atoms with Crippen LogP contribution in [0, 0.1) is 0 Å². The van der Waals surface area contributed by atoms with E-state index in [1.54, 1.807) is 0 Å². The number of allylic oxidation sites excluding steroid dienone is 4. The molecule has 0 nitrogen and oxygen atoms in total. The third-order valence-corrected chi connectivity index (χ3v) is 2.12. The monoisotopic (exact) mass is 332 g/mol. The molecule has 0 unspecified atom stereocenters. The first-order valence-electron chi connectivity index (χ1n) is 6.18. The van der Waals surface area contributed by atoms with Crippen molar-refractivity contribution in [3.8, 4) is 0 Å². The van der Waals surface area contributed by atoms with E-state index < -0.39 is 7.81 Å². The predicted molar refractivity (Wildman–Crippen MR) is 78.1 cm³/mol. The van der Waals surface area contributed by atoms with E-state index in [4.69, 9.17) is 0 Å². The van der Waals surface area contributed by atoms with E-state index >= 15 is 0 Å². The van der Waals surface area contributed by atoms with Crippen LogP contribution in [0.3, 0.4) is 0 Å². The molecule has 0 spiro atoms. The molecule has 0 saturated heterocycles. The number of rotatable bonds is 1. The molecule has 1 aliphatic rings. The van der Waals surface area contributed by atoms with Gasteiger partial charge >= 0.3 is 34.4 Å². The van der Waals surface area contributed by atoms with Crippen LogP contribution in [0.2, 0.25) is 0 Å². The fourth-order valence-electron chi connectivity index (χ4n) is 1.23. The van der Waals surface area contributed by atoms with Gasteiger partial charge in [-0.05, 0) is 17.9 Å². The summed E-state index contributed by atoms with van der Waals surface area (Å²) < 4.78 is 59.2. The van der Waals surface area contributed by atoms with E-state index in [-0.39, 0.29) is 1.43 Å². The number of halogens is 6. The van der Waals surface area contributed by atoms with Crippen molar-refractivity contribution in [3.63, 3.8) is 0 Å². The summed E-state index contributed by atoms with van der Waals surface area (Å²) in [6, 6.07) is 10.5. The first-order valence-corrected chi connectivity index (χ1v) is 8.21. The van der Waals surface area contributed by atoms with E-state index in [1.165, 1.54) is 5.56 Å². The van der Waals surface area contributed by atoms with Gasteiger partial charge in [0, 0.05) is 0 Å². The Kier molecular flexibility index (Phi) is 6.24. The smallest absolute Gasteiger partial charge is 1.00 e. The fourth-order valence-corrected chi connectivity index (χ4v) is 1.23. The van der Waals surface area contributed by atoms with Crippen molar-refractivity contribution >= 4 is 7.81 Å². The second-order valence-corrected chi connectivity index (χ2v) is 6.53. The Morgan fingerprint density at radius 2 is 1.24 bits per heavy atom. The minimum absolute atomic E-state index is 0. The summed E-state index contributed by atoms with van der Waals surface area (Å²) in [6.45, 7) is 4.41. The average Bonchev–Trinajstić information content (AvgIpc) is 2.84. The largest absolute Gasteiger partial charge is 1.00 e. The van der Waals surface area contributed by atoms with Gasteiger partial charge in [0.1, 0.15) is 0 Å². The molecule has 0 bridgehead atoms. The molecular formula is C14H19F6P. The Morgan fingerprint density at radius 1 is 0.857 bits per heavy atom. The normalized spacial score (nSPS) is 16.2. The summed E-state index contributed by atoms with van der Waals surface area (Å²) in [5.41, 5.74) is 1.41. The quantitative estimate of drug-likeness (QED) is 0.363. The van der Waals surface area contributed by atoms with Crippen molar-refractivity contribution in [1.29, 1.82) is 0 Å². The van der Waals surface area contributed by atoms with Crippen LogP contribution in [-0.4, -0.2) is 0 Å². The Bertz CT molecular complexity index is 455. The number of benzene rings is 1. The van der Waals surface area contributed by atoms with E-state index in [0.29, 0.717) is 5.92 Å². The van der Waals surface area contributed by atoms with Crippen molar-refractivity contribution in [1.82, 2.24) is 0 Å². The van der Waals surface area contributed by atoms with Gasteiger partial charge in [-0.3, -0.25) is 0 Å². The zero-order valence-electron chi connectivity index (χ0n) is 12.7. The molecule has 1 aliphatic carbocycles. The second kappa shape index (κ2) is 6.65. The molecule has 0 saturated carbocycles. The van der Waals surface area contributed by atoms with Gasteiger partial charge < -0.3 is 0 Å². The summed E-state index contributed by atoms with van der Waals surface area (Å²) in [6.07, 6.45) is 9.50. The maximum absolute atomic E-state index is 10.7. The molecule has 0 N–H and O–H groups in total. The van der Waals surface area contributed by atoms with E-state index in [2.05, 4.69) is 62.4 Å². The number of hydrogen-bond donors (Lipinski definition) is 0. The van der Waals surface area contributed by atoms with Crippen LogP contribution >= 0.6 is 7.81 Å². The van der Waals surface area contributed by atoms with Gasteiger partial charge in [-0.1, -0.05) is 68.5 Å². The Morgan fingerprint density at radius 3 is 1.43 bits per heavy atom. The minimum atomic E-state index is -10.7. The van der Waals surface area contributed by atoms with Crippen molar-refractivity contribution < 1.29 is 26.6 Å². The molecule has 2 rings (SSSR count). The Balaban J connectivity index is 0. The summed E-state index contributed by atoms with van der Waals surface area (Å²) in [5, 5.41) is 0. The molecular weight excluding hydrogens is 313 g/mol. The molecule has 0 aliphatic heterocycles. The Labute approximate surface area is 121 Å². The maximum Gasteiger partial charge on any atom is 1.00 e. The van der Waals surface area contributed by atoms with Gasteiger partial charge in [-0.15, -0.1) is 0 Å². The van der Waals surface area contributed by atoms with E-state index in [9.17, 15) is 25.2 Å². The van der Waals surface area contributed by atoms with Gasteiger partial charge in [-0.2, -0.15) is 0 Å². The molecule has 0 aromatic heterocycles. The zero-order valence-corrected chi connectivity index (χ0v) is 12.6. The van der Waals surface area contributed by atoms with Gasteiger partial charge in [-0.25, -0.2) is 0 Å². The van der Waals surface area contributed by atoms with Crippen molar-refractivity contribution in [2.75, 3.05) is 0 Å². The topological polar surface area (TPSA) is 0 Å². The van der Waals surface area contributed by atoms with E-state index in [1.807, 2.05) is 6.07 Å². The third kappa shape index (κ3) is 21.2. The van der Waals surface area contributed by atoms with Crippen molar-refractivity contribution in [2.24, 2.45) is 0 Å². The van der Waals surface area contributed by atoms with Crippen LogP contribution < -0.4 is 0 Å². The molecule has 0 atom stereocenters. The molecule has 1 aromatic rings. The zero-order chi connectivity index (χ0) is 16.6. The van der Waals surface area contributed by atoms with Crippen LogP contribution in [0.1, 0.15) is 33.2 Å². The SMILES string of the molecule is C1=CCC=C1.CC(C)c1ccccc1.F[P-](F)(F)(F)(F)F.[H+]. The number of hydrogen-bond acceptors (Lipinski definition) is 0. The van der Waals surface area contributed by atoms with Crippen LogP contribution in [-0.2, 0) is 0 Å². The van der Waals surface area contributed by atoms with Crippen LogP contribution in [0.15, 0.2) is 54.6 Å². The first kappa shape index (κ1) is 19.7. The van der Waals surface area contributed by atoms with Crippen LogP contribution in [0.4, 0.5) is 25.2 Å². The van der Waals surface area contributed by atoms with Gasteiger partial charge in [0.05, 0.1) is 0 Å². The third-order valence-electron chi connectivity index (χ3n) is 2.12. The van der Waals surface area contributed by atoms with Gasteiger partial charge in [0.15, 0.2) is 0 Å².